The van der Waals surface area contributed by atoms with Crippen LogP contribution in [-0.4, -0.2) is 29.7 Å². The molecule has 4 N–H and O–H groups in total. The summed E-state index contributed by atoms with van der Waals surface area (Å²) in [6, 6.07) is 0.175. The van der Waals surface area contributed by atoms with Crippen molar-refractivity contribution >= 4 is 5.91 Å². The standard InChI is InChI=1S/C13H28N2O2/c1-10(14)6-5-7-12(17)15-11(8-9-16)13(2,3)4/h10-11,16H,5-9,14H2,1-4H3,(H,15,17). The fourth-order valence-corrected chi connectivity index (χ4v) is 1.70. The van der Waals surface area contributed by atoms with Gasteiger partial charge in [-0.05, 0) is 31.6 Å². The Balaban J connectivity index is 4.05. The molecule has 4 heteroatoms. The number of nitrogens with one attached hydrogen (secondary N) is 1. The fraction of sp³-hybridized carbons (Fsp3) is 0.923. The van der Waals surface area contributed by atoms with Gasteiger partial charge in [0.15, 0.2) is 0 Å². The number of carbonyl (C=O) groups is 1. The minimum Gasteiger partial charge on any atom is -0.396 e. The van der Waals surface area contributed by atoms with Crippen LogP contribution < -0.4 is 11.1 Å². The van der Waals surface area contributed by atoms with E-state index in [-0.39, 0.29) is 30.0 Å². The highest BCUT2D eigenvalue weighted by molar-refractivity contribution is 5.76. The SMILES string of the molecule is CC(N)CCCC(=O)NC(CCO)C(C)(C)C. The first-order valence-corrected chi connectivity index (χ1v) is 6.43. The van der Waals surface area contributed by atoms with Crippen LogP contribution in [0, 0.1) is 5.41 Å². The van der Waals surface area contributed by atoms with E-state index in [2.05, 4.69) is 26.1 Å². The zero-order chi connectivity index (χ0) is 13.5. The molecule has 0 aromatic rings. The van der Waals surface area contributed by atoms with E-state index in [0.29, 0.717) is 12.8 Å². The minimum absolute atomic E-state index is 0.0234. The molecule has 0 aliphatic heterocycles. The van der Waals surface area contributed by atoms with Crippen LogP contribution in [0.1, 0.15) is 53.4 Å². The molecule has 17 heavy (non-hydrogen) atoms. The Morgan fingerprint density at radius 2 is 1.94 bits per heavy atom. The van der Waals surface area contributed by atoms with Gasteiger partial charge in [-0.25, -0.2) is 0 Å². The number of nitrogens with two attached hydrogens (primary N) is 1. The van der Waals surface area contributed by atoms with Crippen LogP contribution >= 0.6 is 0 Å². The molecular weight excluding hydrogens is 216 g/mol. The summed E-state index contributed by atoms with van der Waals surface area (Å²) in [5.41, 5.74) is 5.60. The van der Waals surface area contributed by atoms with Gasteiger partial charge in [-0.15, -0.1) is 0 Å². The number of hydrogen-bond acceptors (Lipinski definition) is 3. The fourth-order valence-electron chi connectivity index (χ4n) is 1.70. The van der Waals surface area contributed by atoms with Crippen LogP contribution in [0.5, 0.6) is 0 Å². The number of aliphatic hydroxyl groups excluding tert-OH is 1. The van der Waals surface area contributed by atoms with Gasteiger partial charge in [-0.1, -0.05) is 20.8 Å². The van der Waals surface area contributed by atoms with Crippen molar-refractivity contribution in [2.24, 2.45) is 11.1 Å². The van der Waals surface area contributed by atoms with Crippen molar-refractivity contribution in [3.8, 4) is 0 Å². The van der Waals surface area contributed by atoms with E-state index >= 15 is 0 Å². The van der Waals surface area contributed by atoms with Crippen molar-refractivity contribution < 1.29 is 9.90 Å². The maximum Gasteiger partial charge on any atom is 0.220 e. The zero-order valence-electron chi connectivity index (χ0n) is 11.6. The van der Waals surface area contributed by atoms with Crippen LogP contribution in [-0.2, 0) is 4.79 Å². The summed E-state index contributed by atoms with van der Waals surface area (Å²) in [7, 11) is 0. The minimum atomic E-state index is -0.0282. The smallest absolute Gasteiger partial charge is 0.220 e. The van der Waals surface area contributed by atoms with Gasteiger partial charge in [0.1, 0.15) is 0 Å². The van der Waals surface area contributed by atoms with E-state index < -0.39 is 0 Å². The van der Waals surface area contributed by atoms with Crippen LogP contribution in [0.3, 0.4) is 0 Å². The molecule has 0 saturated carbocycles. The number of rotatable bonds is 7. The molecule has 0 spiro atoms. The van der Waals surface area contributed by atoms with Crippen molar-refractivity contribution in [1.82, 2.24) is 5.32 Å². The van der Waals surface area contributed by atoms with Crippen LogP contribution in [0.25, 0.3) is 0 Å². The van der Waals surface area contributed by atoms with E-state index in [9.17, 15) is 4.79 Å². The molecule has 102 valence electrons. The second-order valence-electron chi connectivity index (χ2n) is 5.87. The Labute approximate surface area is 105 Å². The van der Waals surface area contributed by atoms with E-state index in [1.165, 1.54) is 0 Å². The second kappa shape index (κ2) is 7.67. The maximum atomic E-state index is 11.7. The van der Waals surface area contributed by atoms with E-state index in [4.69, 9.17) is 10.8 Å². The Morgan fingerprint density at radius 1 is 1.35 bits per heavy atom. The van der Waals surface area contributed by atoms with E-state index in [1.54, 1.807) is 0 Å². The highest BCUT2D eigenvalue weighted by atomic mass is 16.3. The predicted molar refractivity (Wildman–Crippen MR) is 70.6 cm³/mol. The van der Waals surface area contributed by atoms with Gasteiger partial charge in [0.25, 0.3) is 0 Å². The summed E-state index contributed by atoms with van der Waals surface area (Å²) in [5, 5.41) is 12.0. The van der Waals surface area contributed by atoms with Crippen molar-refractivity contribution in [3.05, 3.63) is 0 Å². The van der Waals surface area contributed by atoms with Gasteiger partial charge in [-0.3, -0.25) is 4.79 Å². The first-order chi connectivity index (χ1) is 7.77. The Hall–Kier alpha value is -0.610. The summed E-state index contributed by atoms with van der Waals surface area (Å²) in [6.07, 6.45) is 2.80. The third-order valence-corrected chi connectivity index (χ3v) is 2.86. The average Bonchev–Trinajstić information content (AvgIpc) is 2.15. The molecule has 0 fully saturated rings. The largest absolute Gasteiger partial charge is 0.396 e. The van der Waals surface area contributed by atoms with Gasteiger partial charge in [0.05, 0.1) is 0 Å². The highest BCUT2D eigenvalue weighted by Gasteiger charge is 2.25. The molecule has 1 amide bonds. The maximum absolute atomic E-state index is 11.7. The summed E-state index contributed by atoms with van der Waals surface area (Å²) in [4.78, 5) is 11.7. The molecule has 0 aromatic carbocycles. The molecule has 0 radical (unpaired) electrons. The van der Waals surface area contributed by atoms with Crippen molar-refractivity contribution in [2.45, 2.75) is 65.5 Å². The number of hydrogen-bond donors (Lipinski definition) is 3. The summed E-state index contributed by atoms with van der Waals surface area (Å²) >= 11 is 0. The van der Waals surface area contributed by atoms with Gasteiger partial charge in [0, 0.05) is 25.1 Å². The molecule has 2 unspecified atom stereocenters. The Kier molecular flexibility index (Phi) is 7.39. The van der Waals surface area contributed by atoms with E-state index in [1.807, 2.05) is 6.92 Å². The topological polar surface area (TPSA) is 75.4 Å². The predicted octanol–water partition coefficient (Wildman–Crippen LogP) is 1.42. The lowest BCUT2D eigenvalue weighted by molar-refractivity contribution is -0.122. The first kappa shape index (κ1) is 16.4. The lowest BCUT2D eigenvalue weighted by Gasteiger charge is -2.31. The van der Waals surface area contributed by atoms with Crippen molar-refractivity contribution in [1.29, 1.82) is 0 Å². The molecule has 0 bridgehead atoms. The van der Waals surface area contributed by atoms with Crippen LogP contribution in [0.15, 0.2) is 0 Å². The van der Waals surface area contributed by atoms with E-state index in [0.717, 1.165) is 12.8 Å². The van der Waals surface area contributed by atoms with Crippen molar-refractivity contribution in [2.75, 3.05) is 6.61 Å². The Morgan fingerprint density at radius 3 is 2.35 bits per heavy atom. The van der Waals surface area contributed by atoms with Gasteiger partial charge < -0.3 is 16.2 Å². The number of amides is 1. The van der Waals surface area contributed by atoms with Crippen LogP contribution in [0.4, 0.5) is 0 Å². The molecule has 2 atom stereocenters. The molecule has 0 saturated heterocycles. The summed E-state index contributed by atoms with van der Waals surface area (Å²) in [5.74, 6) is 0.0547. The Bertz CT molecular complexity index is 222. The third kappa shape index (κ3) is 8.16. The highest BCUT2D eigenvalue weighted by Crippen LogP contribution is 2.21. The normalized spacial score (nSPS) is 15.4. The molecule has 0 aromatic heterocycles. The van der Waals surface area contributed by atoms with Crippen LogP contribution in [0.2, 0.25) is 0 Å². The number of aliphatic hydroxyl groups is 1. The zero-order valence-corrected chi connectivity index (χ0v) is 11.6. The molecule has 0 heterocycles. The van der Waals surface area contributed by atoms with Crippen molar-refractivity contribution in [3.63, 3.8) is 0 Å². The van der Waals surface area contributed by atoms with Gasteiger partial charge in [0.2, 0.25) is 5.91 Å². The number of carbonyl (C=O) groups excluding carboxylic acids is 1. The summed E-state index contributed by atoms with van der Waals surface area (Å²) in [6.45, 7) is 8.24. The lowest BCUT2D eigenvalue weighted by Crippen LogP contribution is -2.44. The third-order valence-electron chi connectivity index (χ3n) is 2.86. The quantitative estimate of drug-likeness (QED) is 0.634. The van der Waals surface area contributed by atoms with Gasteiger partial charge in [-0.2, -0.15) is 0 Å². The molecule has 4 nitrogen and oxygen atoms in total. The summed E-state index contributed by atoms with van der Waals surface area (Å²) < 4.78 is 0. The molecule has 0 aliphatic rings. The monoisotopic (exact) mass is 244 g/mol. The molecule has 0 rings (SSSR count). The average molecular weight is 244 g/mol. The second-order valence-corrected chi connectivity index (χ2v) is 5.87. The lowest BCUT2D eigenvalue weighted by atomic mass is 9.85. The van der Waals surface area contributed by atoms with Gasteiger partial charge >= 0.3 is 0 Å². The first-order valence-electron chi connectivity index (χ1n) is 6.43. The molecular formula is C13H28N2O2. The molecule has 0 aliphatic carbocycles.